The number of rotatable bonds is 40. The summed E-state index contributed by atoms with van der Waals surface area (Å²) >= 11 is 3.31. The maximum Gasteiger partial charge on any atom is 0.472 e. The number of nitrogen functional groups attached to an aromatic ring is 4. The molecule has 0 spiro atoms. The average molecular weight is 2290 g/mol. The summed E-state index contributed by atoms with van der Waals surface area (Å²) in [7, 11) is -33.1. The van der Waals surface area contributed by atoms with E-state index in [-0.39, 0.29) is 103 Å². The van der Waals surface area contributed by atoms with Gasteiger partial charge in [-0.2, -0.15) is 0 Å². The van der Waals surface area contributed by atoms with Gasteiger partial charge in [-0.1, -0.05) is 0 Å². The van der Waals surface area contributed by atoms with Crippen molar-refractivity contribution in [2.24, 2.45) is 0 Å². The van der Waals surface area contributed by atoms with E-state index >= 15 is 0 Å². The van der Waals surface area contributed by atoms with Crippen molar-refractivity contribution in [2.45, 2.75) is 190 Å². The minimum absolute atomic E-state index is 0.00624. The molecule has 0 radical (unpaired) electrons. The monoisotopic (exact) mass is 2290 g/mol. The fourth-order valence-corrected chi connectivity index (χ4v) is 24.4. The van der Waals surface area contributed by atoms with Gasteiger partial charge in [-0.3, -0.25) is 106 Å². The number of imidazole rings is 4. The molecule has 20 N–H and O–H groups in total. The summed E-state index contributed by atoms with van der Waals surface area (Å²) in [6.07, 6.45) is -24.4. The van der Waals surface area contributed by atoms with Crippen molar-refractivity contribution in [3.8, 4) is 0 Å². The molecule has 13 aromatic rings. The summed E-state index contributed by atoms with van der Waals surface area (Å²) in [6.45, 7) is 0.725. The Kier molecular flexibility index (Phi) is 30.3. The third-order valence-corrected chi connectivity index (χ3v) is 32.0. The summed E-state index contributed by atoms with van der Waals surface area (Å²) in [5.74, 6) is -0.109. The van der Waals surface area contributed by atoms with Crippen LogP contribution >= 0.6 is 62.9 Å². The average Bonchev–Trinajstić information content (AvgIpc) is 1.58. The zero-order valence-electron chi connectivity index (χ0n) is 78.5. The number of hydrogen-bond donors (Lipinski definition) is 16. The molecule has 70 heteroatoms. The van der Waals surface area contributed by atoms with Gasteiger partial charge in [0.25, 0.3) is 27.8 Å². The molecule has 1 aromatic carbocycles. The summed E-state index contributed by atoms with van der Waals surface area (Å²) in [5, 5.41) is 12.3. The highest BCUT2D eigenvalue weighted by Gasteiger charge is 2.53. The zero-order chi connectivity index (χ0) is 107. The summed E-state index contributed by atoms with van der Waals surface area (Å²) in [4.78, 5) is 209. The molecule has 63 nitrogen and oxygen atoms in total. The number of phosphoric ester groups is 6. The first kappa shape index (κ1) is 108. The molecule has 19 rings (SSSR count). The van der Waals surface area contributed by atoms with Crippen molar-refractivity contribution in [2.75, 3.05) is 75.8 Å². The molecule has 6 aliphatic heterocycles. The largest absolute Gasteiger partial charge is 0.472 e. The van der Waals surface area contributed by atoms with E-state index in [0.29, 0.717) is 44.4 Å². The second-order valence-electron chi connectivity index (χ2n) is 35.5. The predicted molar refractivity (Wildman–Crippen MR) is 512 cm³/mol. The second-order valence-corrected chi connectivity index (χ2v) is 44.7. The van der Waals surface area contributed by atoms with Crippen molar-refractivity contribution < 1.29 is 158 Å². The number of nitrogens with two attached hydrogens (primary N) is 4. The number of nitrogens with zero attached hydrogens (tertiary/aromatic N) is 12. The van der Waals surface area contributed by atoms with E-state index < -0.39 is 281 Å². The van der Waals surface area contributed by atoms with Gasteiger partial charge >= 0.3 is 63.9 Å². The van der Waals surface area contributed by atoms with Crippen molar-refractivity contribution >= 4 is 152 Å². The van der Waals surface area contributed by atoms with Crippen LogP contribution in [0.3, 0.4) is 0 Å². The van der Waals surface area contributed by atoms with Crippen molar-refractivity contribution in [1.82, 2.24) is 82.2 Å². The minimum atomic E-state index is -5.73. The van der Waals surface area contributed by atoms with E-state index in [1.54, 1.807) is 26.8 Å². The highest BCUT2D eigenvalue weighted by Crippen LogP contribution is 2.58. The number of anilines is 4. The molecule has 6 fully saturated rings. The van der Waals surface area contributed by atoms with Crippen molar-refractivity contribution in [3.05, 3.63) is 190 Å². The van der Waals surface area contributed by atoms with Crippen molar-refractivity contribution in [1.29, 1.82) is 0 Å². The summed E-state index contributed by atoms with van der Waals surface area (Å²) < 4.78 is 215. The van der Waals surface area contributed by atoms with Gasteiger partial charge in [-0.15, -0.1) is 0 Å². The number of aromatic amines is 5. The third kappa shape index (κ3) is 23.0. The molecule has 12 aromatic heterocycles. The highest BCUT2D eigenvalue weighted by molar-refractivity contribution is 9.10. The Morgan fingerprint density at radius 1 is 0.407 bits per heavy atom. The zero-order valence-corrected chi connectivity index (χ0v) is 85.5. The van der Waals surface area contributed by atoms with Gasteiger partial charge in [0.05, 0.1) is 101 Å². The Labute approximate surface area is 844 Å². The van der Waals surface area contributed by atoms with Crippen molar-refractivity contribution in [3.63, 3.8) is 0 Å². The number of H-pyrrole nitrogens is 5. The molecule has 6 unspecified atom stereocenters. The van der Waals surface area contributed by atoms with Gasteiger partial charge in [0.15, 0.2) is 32.7 Å². The number of nitrogens with one attached hydrogen (secondary N) is 5. The number of phosphoric acid groups is 6. The lowest BCUT2D eigenvalue weighted by Gasteiger charge is -2.26. The number of pyridine rings is 3. The van der Waals surface area contributed by atoms with E-state index in [1.165, 1.54) is 68.9 Å². The Bertz CT molecular complexity index is 8290. The van der Waals surface area contributed by atoms with Gasteiger partial charge in [-0.05, 0) is 62.2 Å². The molecule has 0 saturated carbocycles. The van der Waals surface area contributed by atoms with Gasteiger partial charge in [0.2, 0.25) is 0 Å². The number of ether oxygens (including phenoxy) is 7. The third-order valence-electron chi connectivity index (χ3n) is 25.4. The highest BCUT2D eigenvalue weighted by atomic mass is 79.9. The van der Waals surface area contributed by atoms with Crippen LogP contribution in [0, 0.1) is 34.6 Å². The smallest absolute Gasteiger partial charge is 0.461 e. The molecular weight excluding hydrogens is 2190 g/mol. The number of aromatic nitrogens is 17. The van der Waals surface area contributed by atoms with Crippen LogP contribution in [0.4, 0.5) is 23.3 Å². The maximum atomic E-state index is 14.9. The number of halogens is 1. The van der Waals surface area contributed by atoms with Crippen LogP contribution in [-0.4, -0.2) is 243 Å². The van der Waals surface area contributed by atoms with E-state index in [4.69, 9.17) is 119 Å². The molecule has 6 saturated heterocycles. The van der Waals surface area contributed by atoms with Gasteiger partial charge < -0.3 is 123 Å². The Balaban J connectivity index is 0.540. The SMILES string of the molecule is Cc1oc2c(C)c3oc(=O)cc(C)c3cc2c1COCCOP(=O)(O)OC[C@H]1O[C@@H](n2cc(C)c(=O)[nH]c2=O)C[C@@H]1OP(=O)(O)OC[C@H]1O[C@@H](n2cnc3c(N)ncnc32)C[C@@H]1OP(=O)(O)OC[C@H]1O[C@@H](n2c(Br)nc3c(=O)[nH]c(N)cc32)C[C@@H]1OP(=O)(O)OC[C@H]1O[C@@H](n2cnc3c(=O)[nH]c(N)cc32)C[C@@H]1OP(=O)(O)OC[C@H]1O[C@@H](n2cnc3c(=O)[nH]c(N)cc32)C[C@@H]1OP(=O)(O)OC[C@H]1O[C@@H](n2cc(C)c(=O)[nH]c2=O)C[C@@H]1O. The van der Waals surface area contributed by atoms with E-state index in [1.807, 2.05) is 0 Å². The second kappa shape index (κ2) is 42.2. The fourth-order valence-electron chi connectivity index (χ4n) is 18.3. The first-order valence-corrected chi connectivity index (χ1v) is 55.1. The maximum absolute atomic E-state index is 14.9. The van der Waals surface area contributed by atoms with Gasteiger partial charge in [-0.25, -0.2) is 71.7 Å². The van der Waals surface area contributed by atoms with Crippen LogP contribution < -0.4 is 67.7 Å². The number of hydrogen-bond acceptors (Lipinski definition) is 46. The Hall–Kier alpha value is -10.8. The first-order valence-electron chi connectivity index (χ1n) is 45.3. The van der Waals surface area contributed by atoms with Gasteiger partial charge in [0, 0.05) is 108 Å². The molecule has 24 atom stereocenters. The number of furan rings is 1. The number of fused-ring (bicyclic) bond motifs is 6. The van der Waals surface area contributed by atoms with Gasteiger partial charge in [0.1, 0.15) is 151 Å². The van der Waals surface area contributed by atoms with Crippen LogP contribution in [0.15, 0.2) is 120 Å². The molecule has 6 aliphatic rings. The van der Waals surface area contributed by atoms with Crippen LogP contribution in [0.5, 0.6) is 0 Å². The first-order chi connectivity index (χ1) is 70.9. The quantitative estimate of drug-likeness (QED) is 0.0148. The molecule has 0 bridgehead atoms. The molecule has 808 valence electrons. The van der Waals surface area contributed by atoms with E-state index in [2.05, 4.69) is 70.8 Å². The lowest BCUT2D eigenvalue weighted by atomic mass is 10.0. The van der Waals surface area contributed by atoms with Crippen LogP contribution in [0.1, 0.15) is 109 Å². The minimum Gasteiger partial charge on any atom is -0.461 e. The lowest BCUT2D eigenvalue weighted by Crippen LogP contribution is -2.33. The number of benzene rings is 1. The predicted octanol–water partition coefficient (Wildman–Crippen LogP) is 3.57. The molecule has 0 aliphatic carbocycles. The summed E-state index contributed by atoms with van der Waals surface area (Å²) in [6, 6.07) is 7.02. The normalized spacial score (nSPS) is 26.7. The molecule has 150 heavy (non-hydrogen) atoms. The molecular formula is C80H94BrN21O42P6. The van der Waals surface area contributed by atoms with Crippen LogP contribution in [-0.2, 0) is 121 Å². The number of aliphatic hydroxyl groups is 1. The number of aryl methyl sites for hydroxylation is 5. The standard InChI is InChI=1S/C80H94BrN21O42P6/c1-32-8-64(104)139-69-35(4)70-38(9-37(32)69)39(36(5)132-70)21-124-6-7-125-145(112,113)126-23-50-44(14-59(134-50)98-20-34(3)74(106)96-80(98)111)140-147(116,117)130-26-53-47(17-62(137-53)101-31-90-68-71(85)86-28-87-72(68)101)143-149(120,121)131-27-54-48(18-63(138-54)102-42-12-57(84)93-77(109)67(42)94-78(102)81)144-150(122,123)129-25-52-46(16-61(136-52)100-30-89-66-41(100)11-56(83)92-76(66)108)142-148(118,119)128-24-51-45(15-60(135-51)99-29-88-65-40(99)10-55(82)91-75(65)107)141-146(114,115)127-22-49-43(103)13-58(133-49)97-19-33(2)73(105)95-79(97)110/h8-12,19-20,28-31,43-54,58-63,103H,6-7,13-18,21-27H2,1-5H3,(H,112,113)(H,114,115)(H,116,117)(H,118,119)(H,120,121)(H,122,123)(H3,82,91,107)(H3,83,92,108)(H3,84,93,109)(H2,85,86,87)(H,95,105,110)(H,96,106,111)/t43-,44-,45-,46-,47-,48-,49+,50+,51+,52+,53+,54+,58+,59+,60+,61+,62+,63+/m0/s1. The Morgan fingerprint density at radius 2 is 0.793 bits per heavy atom. The van der Waals surface area contributed by atoms with E-state index in [9.17, 15) is 100 Å². The van der Waals surface area contributed by atoms with Crippen LogP contribution in [0.25, 0.3) is 66.2 Å². The topological polar surface area (TPSA) is 872 Å². The fraction of sp³-hybridized carbons (Fsp3) is 0.475. The molecule has 18 heterocycles. The molecule has 0 amide bonds. The summed E-state index contributed by atoms with van der Waals surface area (Å²) in [5.41, 5.74) is 20.5. The van der Waals surface area contributed by atoms with Crippen LogP contribution in [0.2, 0.25) is 0 Å². The Morgan fingerprint density at radius 3 is 1.27 bits per heavy atom. The number of aliphatic hydroxyl groups excluding tert-OH is 1. The lowest BCUT2D eigenvalue weighted by molar-refractivity contribution is -0.0641. The van der Waals surface area contributed by atoms with E-state index in [0.717, 1.165) is 34.3 Å².